The first-order valence-electron chi connectivity index (χ1n) is 6.72. The van der Waals surface area contributed by atoms with Gasteiger partial charge in [0.1, 0.15) is 0 Å². The summed E-state index contributed by atoms with van der Waals surface area (Å²) in [5.41, 5.74) is 1.39. The lowest BCUT2D eigenvalue weighted by Crippen LogP contribution is -2.39. The first kappa shape index (κ1) is 14.2. The van der Waals surface area contributed by atoms with Gasteiger partial charge in [-0.25, -0.2) is 0 Å². The van der Waals surface area contributed by atoms with Crippen molar-refractivity contribution in [2.24, 2.45) is 0 Å². The molecule has 1 aromatic carbocycles. The molecular formula is C15H26N2. The first-order valence-corrected chi connectivity index (χ1v) is 6.72. The second kappa shape index (κ2) is 8.26. The van der Waals surface area contributed by atoms with Crippen molar-refractivity contribution in [1.29, 1.82) is 0 Å². The third-order valence-corrected chi connectivity index (χ3v) is 3.00. The molecule has 0 bridgehead atoms. The topological polar surface area (TPSA) is 15.3 Å². The molecule has 0 aliphatic rings. The van der Waals surface area contributed by atoms with Gasteiger partial charge < -0.3 is 10.2 Å². The summed E-state index contributed by atoms with van der Waals surface area (Å²) in [4.78, 5) is 2.40. The van der Waals surface area contributed by atoms with Crippen LogP contribution in [0.15, 0.2) is 30.3 Å². The van der Waals surface area contributed by atoms with Crippen LogP contribution < -0.4 is 5.32 Å². The Bertz CT molecular complexity index is 284. The van der Waals surface area contributed by atoms with Crippen LogP contribution in [-0.4, -0.2) is 31.1 Å². The average Bonchev–Trinajstić information content (AvgIpc) is 2.35. The lowest BCUT2D eigenvalue weighted by molar-refractivity contribution is 0.277. The molecule has 1 N–H and O–H groups in total. The smallest absolute Gasteiger partial charge is 0.0231 e. The van der Waals surface area contributed by atoms with Crippen molar-refractivity contribution in [3.05, 3.63) is 35.9 Å². The number of rotatable bonds is 8. The average molecular weight is 234 g/mol. The molecule has 17 heavy (non-hydrogen) atoms. The second-order valence-electron chi connectivity index (χ2n) is 4.74. The molecular weight excluding hydrogens is 208 g/mol. The van der Waals surface area contributed by atoms with E-state index in [9.17, 15) is 0 Å². The molecule has 0 heterocycles. The van der Waals surface area contributed by atoms with Gasteiger partial charge in [0.15, 0.2) is 0 Å². The normalized spacial score (nSPS) is 12.9. The lowest BCUT2D eigenvalue weighted by atomic mass is 10.1. The molecule has 0 saturated heterocycles. The van der Waals surface area contributed by atoms with Gasteiger partial charge in [-0.2, -0.15) is 0 Å². The Balaban J connectivity index is 2.34. The van der Waals surface area contributed by atoms with Crippen LogP contribution in [0.5, 0.6) is 0 Å². The van der Waals surface area contributed by atoms with Gasteiger partial charge in [-0.05, 0) is 32.0 Å². The minimum Gasteiger partial charge on any atom is -0.313 e. The largest absolute Gasteiger partial charge is 0.313 e. The Morgan fingerprint density at radius 3 is 2.47 bits per heavy atom. The van der Waals surface area contributed by atoms with Gasteiger partial charge in [-0.3, -0.25) is 0 Å². The van der Waals surface area contributed by atoms with Gasteiger partial charge in [0.25, 0.3) is 0 Å². The maximum Gasteiger partial charge on any atom is 0.0231 e. The minimum absolute atomic E-state index is 0.615. The van der Waals surface area contributed by atoms with Crippen molar-refractivity contribution in [3.8, 4) is 0 Å². The molecule has 0 aliphatic carbocycles. The van der Waals surface area contributed by atoms with Crippen LogP contribution in [0.4, 0.5) is 0 Å². The second-order valence-corrected chi connectivity index (χ2v) is 4.74. The summed E-state index contributed by atoms with van der Waals surface area (Å²) >= 11 is 0. The summed E-state index contributed by atoms with van der Waals surface area (Å²) < 4.78 is 0. The van der Waals surface area contributed by atoms with E-state index in [1.807, 2.05) is 0 Å². The molecule has 0 saturated carbocycles. The molecule has 1 rings (SSSR count). The fourth-order valence-electron chi connectivity index (χ4n) is 2.02. The van der Waals surface area contributed by atoms with Crippen LogP contribution in [0.1, 0.15) is 32.3 Å². The fourth-order valence-corrected chi connectivity index (χ4v) is 2.02. The Kier molecular flexibility index (Phi) is 6.90. The van der Waals surface area contributed by atoms with Gasteiger partial charge >= 0.3 is 0 Å². The van der Waals surface area contributed by atoms with Crippen LogP contribution >= 0.6 is 0 Å². The highest BCUT2D eigenvalue weighted by atomic mass is 15.1. The Morgan fingerprint density at radius 2 is 1.88 bits per heavy atom. The summed E-state index contributed by atoms with van der Waals surface area (Å²) in [6.45, 7) is 7.74. The molecule has 2 nitrogen and oxygen atoms in total. The quantitative estimate of drug-likeness (QED) is 0.744. The first-order chi connectivity index (χ1) is 8.26. The molecule has 96 valence electrons. The summed E-state index contributed by atoms with van der Waals surface area (Å²) in [5, 5.41) is 3.59. The zero-order valence-electron chi connectivity index (χ0n) is 11.4. The van der Waals surface area contributed by atoms with E-state index in [0.717, 1.165) is 19.6 Å². The number of nitrogens with zero attached hydrogens (tertiary/aromatic N) is 1. The lowest BCUT2D eigenvalue weighted by Gasteiger charge is -2.24. The number of likely N-dealkylation sites (N-methyl/N-ethyl adjacent to an activating group) is 1. The van der Waals surface area contributed by atoms with Gasteiger partial charge in [0.2, 0.25) is 0 Å². The van der Waals surface area contributed by atoms with E-state index < -0.39 is 0 Å². The number of benzene rings is 1. The van der Waals surface area contributed by atoms with E-state index >= 15 is 0 Å². The van der Waals surface area contributed by atoms with E-state index in [0.29, 0.717) is 6.04 Å². The Labute approximate surface area is 106 Å². The number of nitrogens with one attached hydrogen (secondary N) is 1. The molecule has 1 atom stereocenters. The highest BCUT2D eigenvalue weighted by molar-refractivity contribution is 5.14. The highest BCUT2D eigenvalue weighted by Gasteiger charge is 2.08. The van der Waals surface area contributed by atoms with E-state index in [1.165, 1.54) is 18.4 Å². The van der Waals surface area contributed by atoms with Gasteiger partial charge in [0.05, 0.1) is 0 Å². The molecule has 1 aromatic rings. The number of hydrogen-bond donors (Lipinski definition) is 1. The summed E-state index contributed by atoms with van der Waals surface area (Å²) in [5.74, 6) is 0. The fraction of sp³-hybridized carbons (Fsp3) is 0.600. The predicted molar refractivity (Wildman–Crippen MR) is 75.1 cm³/mol. The Hall–Kier alpha value is -0.860. The molecule has 0 aromatic heterocycles. The van der Waals surface area contributed by atoms with E-state index in [-0.39, 0.29) is 0 Å². The molecule has 0 amide bonds. The van der Waals surface area contributed by atoms with Crippen LogP contribution in [0.25, 0.3) is 0 Å². The van der Waals surface area contributed by atoms with Crippen LogP contribution in [0, 0.1) is 0 Å². The van der Waals surface area contributed by atoms with E-state index in [4.69, 9.17) is 0 Å². The molecule has 0 spiro atoms. The SMILES string of the molecule is CCCNC(CC)CN(C)Cc1ccccc1. The molecule has 0 radical (unpaired) electrons. The monoisotopic (exact) mass is 234 g/mol. The number of hydrogen-bond acceptors (Lipinski definition) is 2. The van der Waals surface area contributed by atoms with Gasteiger partial charge in [-0.15, -0.1) is 0 Å². The maximum absolute atomic E-state index is 3.59. The van der Waals surface area contributed by atoms with Crippen molar-refractivity contribution >= 4 is 0 Å². The molecule has 1 unspecified atom stereocenters. The van der Waals surface area contributed by atoms with Crippen LogP contribution in [-0.2, 0) is 6.54 Å². The van der Waals surface area contributed by atoms with E-state index in [1.54, 1.807) is 0 Å². The maximum atomic E-state index is 3.59. The van der Waals surface area contributed by atoms with Crippen molar-refractivity contribution < 1.29 is 0 Å². The Morgan fingerprint density at radius 1 is 1.18 bits per heavy atom. The summed E-state index contributed by atoms with van der Waals surface area (Å²) in [6.07, 6.45) is 2.40. The van der Waals surface area contributed by atoms with Crippen molar-refractivity contribution in [2.75, 3.05) is 20.1 Å². The van der Waals surface area contributed by atoms with Gasteiger partial charge in [0, 0.05) is 19.1 Å². The zero-order chi connectivity index (χ0) is 12.5. The molecule has 2 heteroatoms. The van der Waals surface area contributed by atoms with Crippen molar-refractivity contribution in [1.82, 2.24) is 10.2 Å². The predicted octanol–water partition coefficient (Wildman–Crippen LogP) is 2.90. The summed E-state index contributed by atoms with van der Waals surface area (Å²) in [7, 11) is 2.20. The zero-order valence-corrected chi connectivity index (χ0v) is 11.4. The van der Waals surface area contributed by atoms with Crippen LogP contribution in [0.3, 0.4) is 0 Å². The van der Waals surface area contributed by atoms with E-state index in [2.05, 4.69) is 61.4 Å². The third-order valence-electron chi connectivity index (χ3n) is 3.00. The van der Waals surface area contributed by atoms with Crippen LogP contribution in [0.2, 0.25) is 0 Å². The molecule has 0 fully saturated rings. The van der Waals surface area contributed by atoms with Crippen molar-refractivity contribution in [2.45, 2.75) is 39.3 Å². The molecule has 0 aliphatic heterocycles. The highest BCUT2D eigenvalue weighted by Crippen LogP contribution is 2.04. The third kappa shape index (κ3) is 5.85. The minimum atomic E-state index is 0.615. The van der Waals surface area contributed by atoms with Gasteiger partial charge in [-0.1, -0.05) is 44.2 Å². The van der Waals surface area contributed by atoms with Crippen molar-refractivity contribution in [3.63, 3.8) is 0 Å². The summed E-state index contributed by atoms with van der Waals surface area (Å²) in [6, 6.07) is 11.3. The standard InChI is InChI=1S/C15H26N2/c1-4-11-16-15(5-2)13-17(3)12-14-9-7-6-8-10-14/h6-10,15-16H,4-5,11-13H2,1-3H3.